The number of pyridine rings is 1. The molecular weight excluding hydrogens is 418 g/mol. The number of aliphatic hydroxyl groups is 2. The molecule has 3 heterocycles. The van der Waals surface area contributed by atoms with Crippen LogP contribution in [0.25, 0.3) is 22.8 Å². The van der Waals surface area contributed by atoms with Gasteiger partial charge in [-0.2, -0.15) is 10.2 Å². The van der Waals surface area contributed by atoms with Gasteiger partial charge in [0.05, 0.1) is 29.5 Å². The van der Waals surface area contributed by atoms with Crippen LogP contribution in [0.1, 0.15) is 42.1 Å². The number of β-amino-alcohol motifs (C(OH)–C–C–N with tert-alkyl or cyclic N) is 1. The van der Waals surface area contributed by atoms with Crippen LogP contribution < -0.4 is 0 Å². The van der Waals surface area contributed by atoms with E-state index in [9.17, 15) is 10.4 Å². The lowest BCUT2D eigenvalue weighted by molar-refractivity contribution is 0.0605. The van der Waals surface area contributed by atoms with Crippen molar-refractivity contribution in [2.45, 2.75) is 45.1 Å². The molecule has 8 nitrogen and oxygen atoms in total. The van der Waals surface area contributed by atoms with Crippen LogP contribution in [-0.4, -0.2) is 62.6 Å². The van der Waals surface area contributed by atoms with E-state index in [1.54, 1.807) is 12.3 Å². The molecule has 2 N–H and O–H groups in total. The summed E-state index contributed by atoms with van der Waals surface area (Å²) in [5.74, 6) is 0.841. The van der Waals surface area contributed by atoms with Gasteiger partial charge in [-0.05, 0) is 48.9 Å². The Kier molecular flexibility index (Phi) is 7.45. The first kappa shape index (κ1) is 23.1. The van der Waals surface area contributed by atoms with Crippen LogP contribution in [0.3, 0.4) is 0 Å². The summed E-state index contributed by atoms with van der Waals surface area (Å²) in [5.41, 5.74) is 5.36. The molecule has 1 aliphatic rings. The Bertz CT molecular complexity index is 1140. The molecule has 1 aliphatic heterocycles. The Morgan fingerprint density at radius 2 is 2.00 bits per heavy atom. The number of nitrogens with zero attached hydrogens (tertiary/aromatic N) is 5. The molecule has 2 aromatic heterocycles. The van der Waals surface area contributed by atoms with Crippen molar-refractivity contribution in [2.24, 2.45) is 0 Å². The summed E-state index contributed by atoms with van der Waals surface area (Å²) in [5, 5.41) is 32.5. The Balaban J connectivity index is 1.52. The number of hydrogen-bond acceptors (Lipinski definition) is 8. The van der Waals surface area contributed by atoms with Crippen molar-refractivity contribution >= 4 is 0 Å². The van der Waals surface area contributed by atoms with Gasteiger partial charge in [0.15, 0.2) is 0 Å². The van der Waals surface area contributed by atoms with Crippen molar-refractivity contribution in [2.75, 3.05) is 26.2 Å². The van der Waals surface area contributed by atoms with E-state index in [4.69, 9.17) is 9.63 Å². The predicted octanol–water partition coefficient (Wildman–Crippen LogP) is 2.77. The first-order chi connectivity index (χ1) is 16.1. The van der Waals surface area contributed by atoms with Gasteiger partial charge < -0.3 is 19.6 Å². The fraction of sp³-hybridized carbons (Fsp3) is 0.440. The van der Waals surface area contributed by atoms with E-state index in [1.807, 2.05) is 6.07 Å². The van der Waals surface area contributed by atoms with Gasteiger partial charge in [0, 0.05) is 31.4 Å². The Hall–Kier alpha value is -3.12. The van der Waals surface area contributed by atoms with E-state index in [-0.39, 0.29) is 6.61 Å². The van der Waals surface area contributed by atoms with Crippen LogP contribution in [0.4, 0.5) is 0 Å². The molecule has 0 aliphatic carbocycles. The number of nitriles is 1. The van der Waals surface area contributed by atoms with E-state index >= 15 is 0 Å². The monoisotopic (exact) mass is 447 g/mol. The number of aryl methyl sites for hydroxylation is 1. The second-order valence-corrected chi connectivity index (χ2v) is 8.48. The zero-order chi connectivity index (χ0) is 23.2. The van der Waals surface area contributed by atoms with Crippen LogP contribution >= 0.6 is 0 Å². The summed E-state index contributed by atoms with van der Waals surface area (Å²) in [6, 6.07) is 10.2. The number of aromatic nitrogens is 3. The average molecular weight is 448 g/mol. The molecule has 1 aromatic carbocycles. The number of rotatable bonds is 8. The molecule has 3 aromatic rings. The third-order valence-electron chi connectivity index (χ3n) is 6.07. The van der Waals surface area contributed by atoms with Crippen LogP contribution in [0, 0.1) is 11.3 Å². The van der Waals surface area contributed by atoms with Crippen LogP contribution in [0.15, 0.2) is 35.0 Å². The quantitative estimate of drug-likeness (QED) is 0.541. The summed E-state index contributed by atoms with van der Waals surface area (Å²) in [6.45, 7) is 4.03. The van der Waals surface area contributed by atoms with Crippen LogP contribution in [0.2, 0.25) is 0 Å². The van der Waals surface area contributed by atoms with Crippen LogP contribution in [-0.2, 0) is 19.3 Å². The zero-order valence-corrected chi connectivity index (χ0v) is 18.9. The third-order valence-corrected chi connectivity index (χ3v) is 6.07. The molecule has 4 rings (SSSR count). The zero-order valence-electron chi connectivity index (χ0n) is 18.9. The summed E-state index contributed by atoms with van der Waals surface area (Å²) in [6.07, 6.45) is 5.53. The van der Waals surface area contributed by atoms with Gasteiger partial charge in [-0.1, -0.05) is 30.6 Å². The number of fused-ring (bicyclic) bond motifs is 1. The number of hydrogen-bond donors (Lipinski definition) is 2. The highest BCUT2D eigenvalue weighted by molar-refractivity contribution is 5.62. The van der Waals surface area contributed by atoms with Crippen molar-refractivity contribution in [3.8, 4) is 28.9 Å². The highest BCUT2D eigenvalue weighted by Gasteiger charge is 2.19. The van der Waals surface area contributed by atoms with E-state index in [0.29, 0.717) is 29.4 Å². The highest BCUT2D eigenvalue weighted by Crippen LogP contribution is 2.26. The summed E-state index contributed by atoms with van der Waals surface area (Å²) < 4.78 is 5.50. The Morgan fingerprint density at radius 1 is 1.18 bits per heavy atom. The van der Waals surface area contributed by atoms with Crippen molar-refractivity contribution in [1.29, 1.82) is 5.26 Å². The lowest BCUT2D eigenvalue weighted by atomic mass is 10.00. The van der Waals surface area contributed by atoms with Gasteiger partial charge in [0.2, 0.25) is 5.82 Å². The van der Waals surface area contributed by atoms with E-state index in [0.717, 1.165) is 56.5 Å². The average Bonchev–Trinajstić information content (AvgIpc) is 3.26. The fourth-order valence-electron chi connectivity index (χ4n) is 4.16. The maximum absolute atomic E-state index is 9.75. The minimum atomic E-state index is -0.712. The molecule has 0 radical (unpaired) electrons. The first-order valence-electron chi connectivity index (χ1n) is 11.5. The number of benzene rings is 1. The van der Waals surface area contributed by atoms with E-state index in [1.165, 1.54) is 11.1 Å². The molecule has 0 fully saturated rings. The van der Waals surface area contributed by atoms with Gasteiger partial charge in [-0.15, -0.1) is 0 Å². The lowest BCUT2D eigenvalue weighted by Gasteiger charge is -2.21. The molecule has 0 amide bonds. The minimum absolute atomic E-state index is 0.222. The molecule has 0 spiro atoms. The molecule has 172 valence electrons. The smallest absolute Gasteiger partial charge is 0.259 e. The van der Waals surface area contributed by atoms with Gasteiger partial charge in [-0.25, -0.2) is 0 Å². The highest BCUT2D eigenvalue weighted by atomic mass is 16.5. The fourth-order valence-corrected chi connectivity index (χ4v) is 4.16. The summed E-state index contributed by atoms with van der Waals surface area (Å²) in [7, 11) is 0. The number of unbranched alkanes of at least 4 members (excludes halogenated alkanes) is 1. The molecule has 0 saturated carbocycles. The topological polar surface area (TPSA) is 119 Å². The SMILES string of the molecule is CCCCc1ncc(-c2nc(-c3ccc4c(c3)CCN(C[C@H](O)CO)CC4)no2)cc1C#N. The van der Waals surface area contributed by atoms with Crippen molar-refractivity contribution in [1.82, 2.24) is 20.0 Å². The molecule has 0 bridgehead atoms. The maximum atomic E-state index is 9.75. The normalized spacial score (nSPS) is 15.0. The molecule has 8 heteroatoms. The summed E-state index contributed by atoms with van der Waals surface area (Å²) in [4.78, 5) is 11.2. The standard InChI is InChI=1S/C25H29N5O3/c1-2-3-4-23-20(13-26)12-21(14-27-23)25-28-24(29-33-25)19-6-5-17-7-9-30(15-22(32)16-31)10-8-18(17)11-19/h5-6,11-12,14,22,31-32H,2-4,7-10,15-16H2,1H3/t22-/m0/s1. The van der Waals surface area contributed by atoms with Crippen molar-refractivity contribution < 1.29 is 14.7 Å². The van der Waals surface area contributed by atoms with E-state index in [2.05, 4.69) is 45.2 Å². The van der Waals surface area contributed by atoms with Crippen molar-refractivity contribution in [3.05, 3.63) is 52.8 Å². The van der Waals surface area contributed by atoms with Gasteiger partial charge >= 0.3 is 0 Å². The largest absolute Gasteiger partial charge is 0.394 e. The lowest BCUT2D eigenvalue weighted by Crippen LogP contribution is -2.35. The van der Waals surface area contributed by atoms with Crippen LogP contribution in [0.5, 0.6) is 0 Å². The second-order valence-electron chi connectivity index (χ2n) is 8.48. The molecule has 1 atom stereocenters. The Labute approximate surface area is 193 Å². The molecular formula is C25H29N5O3. The molecule has 0 unspecified atom stereocenters. The maximum Gasteiger partial charge on any atom is 0.259 e. The molecule has 0 saturated heterocycles. The number of aliphatic hydroxyl groups excluding tert-OH is 2. The third kappa shape index (κ3) is 5.45. The molecule has 33 heavy (non-hydrogen) atoms. The van der Waals surface area contributed by atoms with Gasteiger partial charge in [0.25, 0.3) is 5.89 Å². The Morgan fingerprint density at radius 3 is 2.76 bits per heavy atom. The summed E-state index contributed by atoms with van der Waals surface area (Å²) >= 11 is 0. The van der Waals surface area contributed by atoms with E-state index < -0.39 is 6.10 Å². The first-order valence-corrected chi connectivity index (χ1v) is 11.5. The van der Waals surface area contributed by atoms with Gasteiger partial charge in [-0.3, -0.25) is 4.98 Å². The van der Waals surface area contributed by atoms with Gasteiger partial charge in [0.1, 0.15) is 6.07 Å². The van der Waals surface area contributed by atoms with Crippen molar-refractivity contribution in [3.63, 3.8) is 0 Å². The minimum Gasteiger partial charge on any atom is -0.394 e. The second kappa shape index (κ2) is 10.7. The predicted molar refractivity (Wildman–Crippen MR) is 123 cm³/mol.